The van der Waals surface area contributed by atoms with Crippen LogP contribution in [0.4, 0.5) is 0 Å². The zero-order valence-corrected chi connectivity index (χ0v) is 13.9. The molecule has 0 saturated heterocycles. The number of hydrogen-bond acceptors (Lipinski definition) is 6. The van der Waals surface area contributed by atoms with Crippen molar-refractivity contribution in [2.24, 2.45) is 0 Å². The van der Waals surface area contributed by atoms with E-state index < -0.39 is 0 Å². The van der Waals surface area contributed by atoms with Crippen molar-refractivity contribution in [3.05, 3.63) is 54.2 Å². The Kier molecular flexibility index (Phi) is 3.85. The summed E-state index contributed by atoms with van der Waals surface area (Å²) in [5.74, 6) is 1.29. The number of rotatable bonds is 4. The van der Waals surface area contributed by atoms with Crippen LogP contribution in [-0.4, -0.2) is 26.7 Å². The molecule has 0 fully saturated rings. The van der Waals surface area contributed by atoms with Crippen LogP contribution in [0.3, 0.4) is 0 Å². The summed E-state index contributed by atoms with van der Waals surface area (Å²) in [6.45, 7) is 4.46. The van der Waals surface area contributed by atoms with Gasteiger partial charge in [0.15, 0.2) is 0 Å². The number of benzene rings is 1. The summed E-state index contributed by atoms with van der Waals surface area (Å²) in [4.78, 5) is 13.3. The molecule has 0 N–H and O–H groups in total. The molecule has 4 rings (SSSR count). The second-order valence-electron chi connectivity index (χ2n) is 5.61. The normalized spacial score (nSPS) is 11.0. The lowest BCUT2D eigenvalue weighted by atomic mass is 10.1. The first-order valence-electron chi connectivity index (χ1n) is 8.04. The van der Waals surface area contributed by atoms with E-state index in [4.69, 9.17) is 9.26 Å². The molecule has 0 spiro atoms. The van der Waals surface area contributed by atoms with Crippen LogP contribution in [0.5, 0.6) is 5.88 Å². The van der Waals surface area contributed by atoms with Crippen LogP contribution >= 0.6 is 0 Å². The molecule has 1 aromatic carbocycles. The Bertz CT molecular complexity index is 1030. The molecule has 25 heavy (non-hydrogen) atoms. The standard InChI is InChI=1S/C19H16N4O2/c1-3-24-18-14(11-13-10-12(2)7-8-15(13)21-18)17-22-19(25-23-17)16-6-4-5-9-20-16/h4-11H,3H2,1-2H3. The molecule has 3 aromatic heterocycles. The highest BCUT2D eigenvalue weighted by Gasteiger charge is 2.17. The molecule has 0 bridgehead atoms. The molecule has 124 valence electrons. The maximum absolute atomic E-state index is 5.70. The minimum atomic E-state index is 0.363. The summed E-state index contributed by atoms with van der Waals surface area (Å²) in [5, 5.41) is 5.09. The summed E-state index contributed by atoms with van der Waals surface area (Å²) >= 11 is 0. The monoisotopic (exact) mass is 332 g/mol. The molecule has 6 nitrogen and oxygen atoms in total. The quantitative estimate of drug-likeness (QED) is 0.561. The van der Waals surface area contributed by atoms with Crippen molar-refractivity contribution in [2.45, 2.75) is 13.8 Å². The average molecular weight is 332 g/mol. The fraction of sp³-hybridized carbons (Fsp3) is 0.158. The molecular formula is C19H16N4O2. The van der Waals surface area contributed by atoms with Gasteiger partial charge in [-0.15, -0.1) is 0 Å². The van der Waals surface area contributed by atoms with E-state index in [0.717, 1.165) is 16.5 Å². The van der Waals surface area contributed by atoms with Gasteiger partial charge >= 0.3 is 0 Å². The maximum atomic E-state index is 5.70. The number of aromatic nitrogens is 4. The molecule has 0 amide bonds. The van der Waals surface area contributed by atoms with Crippen LogP contribution in [0.15, 0.2) is 53.2 Å². The van der Waals surface area contributed by atoms with Gasteiger partial charge in [-0.2, -0.15) is 4.98 Å². The molecular weight excluding hydrogens is 316 g/mol. The van der Waals surface area contributed by atoms with E-state index >= 15 is 0 Å². The first kappa shape index (κ1) is 15.3. The van der Waals surface area contributed by atoms with Gasteiger partial charge in [0.05, 0.1) is 17.7 Å². The first-order chi connectivity index (χ1) is 12.2. The Morgan fingerprint density at radius 2 is 2.00 bits per heavy atom. The maximum Gasteiger partial charge on any atom is 0.276 e. The average Bonchev–Trinajstić information content (AvgIpc) is 3.12. The van der Waals surface area contributed by atoms with Gasteiger partial charge in [-0.05, 0) is 44.2 Å². The smallest absolute Gasteiger partial charge is 0.276 e. The molecule has 3 heterocycles. The predicted octanol–water partition coefficient (Wildman–Crippen LogP) is 4.05. The highest BCUT2D eigenvalue weighted by molar-refractivity contribution is 5.85. The Hall–Kier alpha value is -3.28. The fourth-order valence-electron chi connectivity index (χ4n) is 2.61. The minimum Gasteiger partial charge on any atom is -0.477 e. The molecule has 0 saturated carbocycles. The number of hydrogen-bond donors (Lipinski definition) is 0. The number of ether oxygens (including phenoxy) is 1. The van der Waals surface area contributed by atoms with Gasteiger partial charge in [0.25, 0.3) is 5.89 Å². The molecule has 6 heteroatoms. The van der Waals surface area contributed by atoms with Crippen molar-refractivity contribution >= 4 is 10.9 Å². The summed E-state index contributed by atoms with van der Waals surface area (Å²) in [7, 11) is 0. The molecule has 0 aliphatic heterocycles. The van der Waals surface area contributed by atoms with Gasteiger partial charge in [0.2, 0.25) is 11.7 Å². The fourth-order valence-corrected chi connectivity index (χ4v) is 2.61. The molecule has 0 atom stereocenters. The van der Waals surface area contributed by atoms with E-state index in [2.05, 4.69) is 26.2 Å². The van der Waals surface area contributed by atoms with Crippen molar-refractivity contribution in [1.82, 2.24) is 20.1 Å². The Morgan fingerprint density at radius 3 is 2.80 bits per heavy atom. The van der Waals surface area contributed by atoms with Gasteiger partial charge < -0.3 is 9.26 Å². The Morgan fingerprint density at radius 1 is 1.08 bits per heavy atom. The van der Waals surface area contributed by atoms with Crippen LogP contribution < -0.4 is 4.74 Å². The van der Waals surface area contributed by atoms with Crippen LogP contribution in [0, 0.1) is 6.92 Å². The lowest BCUT2D eigenvalue weighted by Gasteiger charge is -2.08. The van der Waals surface area contributed by atoms with Gasteiger partial charge in [-0.25, -0.2) is 4.98 Å². The van der Waals surface area contributed by atoms with Gasteiger partial charge in [-0.1, -0.05) is 22.9 Å². The summed E-state index contributed by atoms with van der Waals surface area (Å²) in [5.41, 5.74) is 3.35. The van der Waals surface area contributed by atoms with Crippen LogP contribution in [-0.2, 0) is 0 Å². The Labute approximate surface area is 144 Å². The number of nitrogens with zero attached hydrogens (tertiary/aromatic N) is 4. The largest absolute Gasteiger partial charge is 0.477 e. The topological polar surface area (TPSA) is 73.9 Å². The summed E-state index contributed by atoms with van der Waals surface area (Å²) < 4.78 is 11.1. The van der Waals surface area contributed by atoms with E-state index in [9.17, 15) is 0 Å². The van der Waals surface area contributed by atoms with Gasteiger partial charge in [-0.3, -0.25) is 4.98 Å². The highest BCUT2D eigenvalue weighted by Crippen LogP contribution is 2.31. The molecule has 0 aliphatic rings. The van der Waals surface area contributed by atoms with Crippen molar-refractivity contribution in [3.8, 4) is 28.9 Å². The van der Waals surface area contributed by atoms with E-state index in [0.29, 0.717) is 35.5 Å². The van der Waals surface area contributed by atoms with E-state index in [1.807, 2.05) is 50.2 Å². The van der Waals surface area contributed by atoms with Gasteiger partial charge in [0.1, 0.15) is 5.69 Å². The zero-order chi connectivity index (χ0) is 17.2. The summed E-state index contributed by atoms with van der Waals surface area (Å²) in [6.07, 6.45) is 1.69. The van der Waals surface area contributed by atoms with Crippen molar-refractivity contribution in [3.63, 3.8) is 0 Å². The van der Waals surface area contributed by atoms with Gasteiger partial charge in [0, 0.05) is 11.6 Å². The lowest BCUT2D eigenvalue weighted by molar-refractivity contribution is 0.329. The third-order valence-electron chi connectivity index (χ3n) is 3.77. The van der Waals surface area contributed by atoms with Crippen molar-refractivity contribution in [1.29, 1.82) is 0 Å². The molecule has 0 unspecified atom stereocenters. The van der Waals surface area contributed by atoms with E-state index in [-0.39, 0.29) is 0 Å². The molecule has 4 aromatic rings. The Balaban J connectivity index is 1.84. The SMILES string of the molecule is CCOc1nc2ccc(C)cc2cc1-c1noc(-c2ccccn2)n1. The third-order valence-corrected chi connectivity index (χ3v) is 3.77. The third kappa shape index (κ3) is 2.94. The molecule has 0 radical (unpaired) electrons. The van der Waals surface area contributed by atoms with Crippen LogP contribution in [0.25, 0.3) is 33.9 Å². The first-order valence-corrected chi connectivity index (χ1v) is 8.04. The van der Waals surface area contributed by atoms with E-state index in [1.54, 1.807) is 6.20 Å². The van der Waals surface area contributed by atoms with Crippen LogP contribution in [0.1, 0.15) is 12.5 Å². The highest BCUT2D eigenvalue weighted by atomic mass is 16.5. The van der Waals surface area contributed by atoms with Crippen LogP contribution in [0.2, 0.25) is 0 Å². The lowest BCUT2D eigenvalue weighted by Crippen LogP contribution is -1.98. The second-order valence-corrected chi connectivity index (χ2v) is 5.61. The van der Waals surface area contributed by atoms with Crippen molar-refractivity contribution < 1.29 is 9.26 Å². The predicted molar refractivity (Wildman–Crippen MR) is 94.2 cm³/mol. The number of aryl methyl sites for hydroxylation is 1. The van der Waals surface area contributed by atoms with Crippen molar-refractivity contribution in [2.75, 3.05) is 6.61 Å². The second kappa shape index (κ2) is 6.32. The number of pyridine rings is 2. The molecule has 0 aliphatic carbocycles. The number of fused-ring (bicyclic) bond motifs is 1. The minimum absolute atomic E-state index is 0.363. The van der Waals surface area contributed by atoms with E-state index in [1.165, 1.54) is 0 Å². The zero-order valence-electron chi connectivity index (χ0n) is 13.9. The summed E-state index contributed by atoms with van der Waals surface area (Å²) in [6, 6.07) is 13.6.